The lowest BCUT2D eigenvalue weighted by Gasteiger charge is -2.36. The maximum absolute atomic E-state index is 12.9. The number of thiophene rings is 1. The summed E-state index contributed by atoms with van der Waals surface area (Å²) in [6, 6.07) is 0.0219. The van der Waals surface area contributed by atoms with E-state index in [1.54, 1.807) is 4.31 Å². The predicted molar refractivity (Wildman–Crippen MR) is 82.2 cm³/mol. The van der Waals surface area contributed by atoms with Gasteiger partial charge in [-0.1, -0.05) is 6.92 Å². The largest absolute Gasteiger partial charge is 0.326 e. The van der Waals surface area contributed by atoms with Gasteiger partial charge >= 0.3 is 0 Å². The molecule has 0 amide bonds. The Morgan fingerprint density at radius 2 is 2.16 bits per heavy atom. The van der Waals surface area contributed by atoms with E-state index < -0.39 is 10.0 Å². The molecule has 1 aliphatic heterocycles. The summed E-state index contributed by atoms with van der Waals surface area (Å²) in [5.41, 5.74) is 6.48. The summed E-state index contributed by atoms with van der Waals surface area (Å²) in [5, 5.41) is 2.20. The van der Waals surface area contributed by atoms with Crippen molar-refractivity contribution in [2.24, 2.45) is 5.73 Å². The van der Waals surface area contributed by atoms with Gasteiger partial charge < -0.3 is 5.73 Å². The number of nitrogens with two attached hydrogens (primary N) is 1. The van der Waals surface area contributed by atoms with Crippen LogP contribution in [0.2, 0.25) is 0 Å². The van der Waals surface area contributed by atoms with E-state index in [9.17, 15) is 8.42 Å². The zero-order chi connectivity index (χ0) is 14.2. The quantitative estimate of drug-likeness (QED) is 0.925. The zero-order valence-electron chi connectivity index (χ0n) is 11.4. The van der Waals surface area contributed by atoms with Crippen molar-refractivity contribution in [1.29, 1.82) is 0 Å². The van der Waals surface area contributed by atoms with Gasteiger partial charge in [0.25, 0.3) is 0 Å². The van der Waals surface area contributed by atoms with Crippen molar-refractivity contribution in [3.8, 4) is 0 Å². The average molecular weight is 321 g/mol. The minimum atomic E-state index is -3.42. The Bertz CT molecular complexity index is 553. The molecule has 0 aliphatic carbocycles. The van der Waals surface area contributed by atoms with Crippen LogP contribution in [0.15, 0.2) is 10.3 Å². The Morgan fingerprint density at radius 1 is 1.47 bits per heavy atom. The van der Waals surface area contributed by atoms with Crippen LogP contribution in [0.1, 0.15) is 24.3 Å². The third kappa shape index (κ3) is 2.71. The number of thioether (sulfide) groups is 1. The molecule has 1 fully saturated rings. The second-order valence-electron chi connectivity index (χ2n) is 4.81. The summed E-state index contributed by atoms with van der Waals surface area (Å²) in [6.07, 6.45) is 0. The van der Waals surface area contributed by atoms with Crippen LogP contribution in [-0.2, 0) is 16.6 Å². The first-order chi connectivity index (χ1) is 8.89. The number of hydrogen-bond acceptors (Lipinski definition) is 5. The van der Waals surface area contributed by atoms with E-state index in [4.69, 9.17) is 5.73 Å². The van der Waals surface area contributed by atoms with Crippen LogP contribution in [0.25, 0.3) is 0 Å². The molecule has 1 aromatic heterocycles. The van der Waals surface area contributed by atoms with Gasteiger partial charge in [-0.3, -0.25) is 0 Å². The first kappa shape index (κ1) is 15.3. The third-order valence-electron chi connectivity index (χ3n) is 3.57. The highest BCUT2D eigenvalue weighted by Gasteiger charge is 2.37. The Balaban J connectivity index is 2.44. The van der Waals surface area contributed by atoms with Crippen LogP contribution >= 0.6 is 23.1 Å². The lowest BCUT2D eigenvalue weighted by Crippen LogP contribution is -2.48. The summed E-state index contributed by atoms with van der Waals surface area (Å²) in [5.74, 6) is 0.853. The standard InChI is InChI=1S/C12H20N2O2S3/c1-8-7-18-11(6-13)12(8)19(15,16)14-4-5-17-10(3)9(14)2/h7,9-10H,4-6,13H2,1-3H3. The highest BCUT2D eigenvalue weighted by Crippen LogP contribution is 2.34. The van der Waals surface area contributed by atoms with Crippen LogP contribution in [-0.4, -0.2) is 36.3 Å². The van der Waals surface area contributed by atoms with Crippen molar-refractivity contribution in [1.82, 2.24) is 4.31 Å². The topological polar surface area (TPSA) is 63.4 Å². The van der Waals surface area contributed by atoms with E-state index in [0.717, 1.165) is 16.2 Å². The van der Waals surface area contributed by atoms with Crippen molar-refractivity contribution in [2.45, 2.75) is 43.5 Å². The van der Waals surface area contributed by atoms with Crippen LogP contribution < -0.4 is 5.73 Å². The summed E-state index contributed by atoms with van der Waals surface area (Å²) < 4.78 is 27.4. The fourth-order valence-electron chi connectivity index (χ4n) is 2.34. The first-order valence-electron chi connectivity index (χ1n) is 6.30. The van der Waals surface area contributed by atoms with E-state index in [1.807, 2.05) is 31.0 Å². The Morgan fingerprint density at radius 3 is 2.79 bits per heavy atom. The molecule has 0 bridgehead atoms. The van der Waals surface area contributed by atoms with Crippen LogP contribution in [0.5, 0.6) is 0 Å². The lowest BCUT2D eigenvalue weighted by molar-refractivity contribution is 0.340. The molecule has 2 heterocycles. The molecular weight excluding hydrogens is 300 g/mol. The molecule has 1 aromatic rings. The normalized spacial score (nSPS) is 25.7. The molecule has 0 saturated carbocycles. The summed E-state index contributed by atoms with van der Waals surface area (Å²) in [4.78, 5) is 1.20. The van der Waals surface area contributed by atoms with Gasteiger partial charge in [-0.2, -0.15) is 16.1 Å². The monoisotopic (exact) mass is 320 g/mol. The van der Waals surface area contributed by atoms with Crippen molar-refractivity contribution in [2.75, 3.05) is 12.3 Å². The predicted octanol–water partition coefficient (Wildman–Crippen LogP) is 2.03. The fourth-order valence-corrected chi connectivity index (χ4v) is 6.99. The molecule has 0 aromatic carbocycles. The van der Waals surface area contributed by atoms with E-state index in [0.29, 0.717) is 16.7 Å². The van der Waals surface area contributed by atoms with Crippen LogP contribution in [0, 0.1) is 6.92 Å². The molecule has 2 N–H and O–H groups in total. The Labute approximate surface area is 123 Å². The highest BCUT2D eigenvalue weighted by molar-refractivity contribution is 8.00. The second-order valence-corrected chi connectivity index (χ2v) is 9.08. The van der Waals surface area contributed by atoms with Crippen molar-refractivity contribution in [3.05, 3.63) is 15.8 Å². The van der Waals surface area contributed by atoms with E-state index in [2.05, 4.69) is 6.92 Å². The maximum Gasteiger partial charge on any atom is 0.244 e. The molecule has 2 unspecified atom stereocenters. The van der Waals surface area contributed by atoms with Gasteiger partial charge in [0.15, 0.2) is 0 Å². The molecule has 1 saturated heterocycles. The minimum Gasteiger partial charge on any atom is -0.326 e. The molecule has 0 radical (unpaired) electrons. The summed E-state index contributed by atoms with van der Waals surface area (Å²) >= 11 is 3.26. The van der Waals surface area contributed by atoms with Crippen LogP contribution in [0.3, 0.4) is 0 Å². The zero-order valence-corrected chi connectivity index (χ0v) is 13.9. The molecule has 1 aliphatic rings. The van der Waals surface area contributed by atoms with Gasteiger partial charge in [-0.15, -0.1) is 11.3 Å². The van der Waals surface area contributed by atoms with Gasteiger partial charge in [-0.05, 0) is 24.8 Å². The smallest absolute Gasteiger partial charge is 0.244 e. The van der Waals surface area contributed by atoms with Gasteiger partial charge in [0.05, 0.1) is 0 Å². The van der Waals surface area contributed by atoms with Gasteiger partial charge in [0, 0.05) is 35.0 Å². The van der Waals surface area contributed by atoms with E-state index in [-0.39, 0.29) is 12.6 Å². The van der Waals surface area contributed by atoms with E-state index in [1.165, 1.54) is 11.3 Å². The number of hydrogen-bond donors (Lipinski definition) is 1. The second kappa shape index (κ2) is 5.73. The number of nitrogens with zero attached hydrogens (tertiary/aromatic N) is 1. The molecule has 2 rings (SSSR count). The Hall–Kier alpha value is -0.0800. The molecule has 4 nitrogen and oxygen atoms in total. The molecule has 19 heavy (non-hydrogen) atoms. The average Bonchev–Trinajstić information content (AvgIpc) is 2.74. The Kier molecular flexibility index (Phi) is 4.62. The van der Waals surface area contributed by atoms with Gasteiger partial charge in [0.1, 0.15) is 4.90 Å². The molecule has 0 spiro atoms. The number of sulfonamides is 1. The van der Waals surface area contributed by atoms with Crippen molar-refractivity contribution in [3.63, 3.8) is 0 Å². The molecular formula is C12H20N2O2S3. The summed E-state index contributed by atoms with van der Waals surface area (Å²) in [7, 11) is -3.42. The SMILES string of the molecule is Cc1csc(CN)c1S(=O)(=O)N1CCSC(C)C1C. The van der Waals surface area contributed by atoms with E-state index >= 15 is 0 Å². The molecule has 7 heteroatoms. The van der Waals surface area contributed by atoms with Crippen LogP contribution in [0.4, 0.5) is 0 Å². The maximum atomic E-state index is 12.9. The molecule has 108 valence electrons. The first-order valence-corrected chi connectivity index (χ1v) is 9.67. The van der Waals surface area contributed by atoms with Gasteiger partial charge in [-0.25, -0.2) is 8.42 Å². The lowest BCUT2D eigenvalue weighted by atomic mass is 10.2. The number of rotatable bonds is 3. The minimum absolute atomic E-state index is 0.0219. The van der Waals surface area contributed by atoms with Crippen molar-refractivity contribution < 1.29 is 8.42 Å². The highest BCUT2D eigenvalue weighted by atomic mass is 32.2. The third-order valence-corrected chi connectivity index (χ3v) is 8.38. The fraction of sp³-hybridized carbons (Fsp3) is 0.667. The molecule has 2 atom stereocenters. The summed E-state index contributed by atoms with van der Waals surface area (Å²) in [6.45, 7) is 6.77. The number of aryl methyl sites for hydroxylation is 1. The van der Waals surface area contributed by atoms with Gasteiger partial charge in [0.2, 0.25) is 10.0 Å². The van der Waals surface area contributed by atoms with Crippen molar-refractivity contribution >= 4 is 33.1 Å².